The van der Waals surface area contributed by atoms with Crippen LogP contribution in [0.3, 0.4) is 0 Å². The molecular formula is C50H74O8. The van der Waals surface area contributed by atoms with Crippen molar-refractivity contribution < 1.29 is 38.7 Å². The van der Waals surface area contributed by atoms with Crippen LogP contribution < -0.4 is 0 Å². The number of carbonyl (C=O) groups is 2. The van der Waals surface area contributed by atoms with E-state index in [1.54, 1.807) is 0 Å². The van der Waals surface area contributed by atoms with Crippen molar-refractivity contribution in [2.45, 2.75) is 132 Å². The summed E-state index contributed by atoms with van der Waals surface area (Å²) in [4.78, 5) is 25.0. The number of allylic oxidation sites excluding steroid dienone is 12. The number of carbonyl (C=O) groups excluding carboxylic acids is 2. The maximum atomic E-state index is 12.5. The fraction of sp³-hybridized carbons (Fsp3) is 0.560. The molecule has 8 heteroatoms. The molecule has 1 aromatic carbocycles. The predicted octanol–water partition coefficient (Wildman–Crippen LogP) is 10.9. The molecular weight excluding hydrogens is 729 g/mol. The number of hydrogen-bond donors (Lipinski definition) is 2. The van der Waals surface area contributed by atoms with Crippen molar-refractivity contribution >= 4 is 11.6 Å². The van der Waals surface area contributed by atoms with E-state index in [2.05, 4.69) is 96.2 Å². The van der Waals surface area contributed by atoms with E-state index < -0.39 is 12.2 Å². The van der Waals surface area contributed by atoms with Crippen molar-refractivity contribution in [1.29, 1.82) is 0 Å². The van der Waals surface area contributed by atoms with Gasteiger partial charge in [-0.2, -0.15) is 0 Å². The van der Waals surface area contributed by atoms with Gasteiger partial charge in [-0.3, -0.25) is 9.59 Å². The summed E-state index contributed by atoms with van der Waals surface area (Å²) in [6, 6.07) is 10.5. The summed E-state index contributed by atoms with van der Waals surface area (Å²) in [5.41, 5.74) is 8.13. The van der Waals surface area contributed by atoms with Crippen LogP contribution in [0.1, 0.15) is 119 Å². The molecule has 58 heavy (non-hydrogen) atoms. The Morgan fingerprint density at radius 2 is 0.948 bits per heavy atom. The molecule has 2 aliphatic rings. The lowest BCUT2D eigenvalue weighted by molar-refractivity contribution is -0.128. The molecule has 0 radical (unpaired) electrons. The monoisotopic (exact) mass is 803 g/mol. The summed E-state index contributed by atoms with van der Waals surface area (Å²) in [6.45, 7) is 16.7. The van der Waals surface area contributed by atoms with Crippen molar-refractivity contribution in [1.82, 2.24) is 0 Å². The van der Waals surface area contributed by atoms with E-state index in [4.69, 9.17) is 18.9 Å². The minimum atomic E-state index is -0.834. The molecule has 6 unspecified atom stereocenters. The second kappa shape index (κ2) is 26.1. The van der Waals surface area contributed by atoms with Gasteiger partial charge < -0.3 is 29.2 Å². The van der Waals surface area contributed by atoms with Crippen molar-refractivity contribution in [3.8, 4) is 0 Å². The van der Waals surface area contributed by atoms with Crippen molar-refractivity contribution in [3.63, 3.8) is 0 Å². The summed E-state index contributed by atoms with van der Waals surface area (Å²) in [5.74, 6) is -0.442. The van der Waals surface area contributed by atoms with Gasteiger partial charge in [-0.05, 0) is 104 Å². The first-order chi connectivity index (χ1) is 27.6. The Kier molecular flexibility index (Phi) is 22.5. The Labute approximate surface area is 350 Å². The molecule has 0 aliphatic heterocycles. The van der Waals surface area contributed by atoms with Gasteiger partial charge in [0.25, 0.3) is 0 Å². The van der Waals surface area contributed by atoms with Gasteiger partial charge in [-0.25, -0.2) is 0 Å². The summed E-state index contributed by atoms with van der Waals surface area (Å²) < 4.78 is 20.8. The molecule has 0 saturated carbocycles. The molecule has 0 aromatic heterocycles. The highest BCUT2D eigenvalue weighted by Gasteiger charge is 2.43. The summed E-state index contributed by atoms with van der Waals surface area (Å²) in [5, 5.41) is 21.3. The SMILES string of the molecule is CC/C(C)=C/CC/C(C)=C/CC/C(C)=C/CC1C(C)C(=O)C(OC)=C(OC)C1O.COC1=C(OC)C(O)C(C/C=C(\C)CC/C=C(\C)Cc2ccccc2)C(C)C1=O. The van der Waals surface area contributed by atoms with Gasteiger partial charge in [0, 0.05) is 23.7 Å². The fourth-order valence-electron chi connectivity index (χ4n) is 7.50. The summed E-state index contributed by atoms with van der Waals surface area (Å²) in [7, 11) is 5.80. The first-order valence-electron chi connectivity index (χ1n) is 21.1. The number of Topliss-reactive ketones (excluding diaryl/α,β-unsaturated/α-hetero) is 2. The molecule has 0 bridgehead atoms. The second-order valence-electron chi connectivity index (χ2n) is 16.1. The Bertz CT molecular complexity index is 1690. The molecule has 3 rings (SSSR count). The predicted molar refractivity (Wildman–Crippen MR) is 236 cm³/mol. The average Bonchev–Trinajstić information content (AvgIpc) is 3.20. The second-order valence-corrected chi connectivity index (χ2v) is 16.1. The maximum absolute atomic E-state index is 12.5. The first-order valence-corrected chi connectivity index (χ1v) is 21.1. The maximum Gasteiger partial charge on any atom is 0.204 e. The highest BCUT2D eigenvalue weighted by Crippen LogP contribution is 2.37. The normalized spacial score (nSPS) is 23.8. The molecule has 322 valence electrons. The van der Waals surface area contributed by atoms with Crippen LogP contribution in [0.4, 0.5) is 0 Å². The van der Waals surface area contributed by atoms with Crippen LogP contribution in [-0.2, 0) is 35.0 Å². The lowest BCUT2D eigenvalue weighted by Gasteiger charge is -2.33. The molecule has 2 aliphatic carbocycles. The number of ether oxygens (including phenoxy) is 4. The fourth-order valence-corrected chi connectivity index (χ4v) is 7.50. The highest BCUT2D eigenvalue weighted by molar-refractivity contribution is 5.97. The van der Waals surface area contributed by atoms with Gasteiger partial charge in [0.05, 0.1) is 28.4 Å². The minimum Gasteiger partial charge on any atom is -0.494 e. The van der Waals surface area contributed by atoms with Crippen LogP contribution in [0.2, 0.25) is 0 Å². The van der Waals surface area contributed by atoms with Crippen LogP contribution in [0, 0.1) is 23.7 Å². The third-order valence-electron chi connectivity index (χ3n) is 11.7. The number of hydrogen-bond acceptors (Lipinski definition) is 8. The number of rotatable bonds is 20. The Balaban J connectivity index is 0.000000400. The van der Waals surface area contributed by atoms with Crippen molar-refractivity contribution in [2.75, 3.05) is 28.4 Å². The van der Waals surface area contributed by atoms with Crippen LogP contribution in [-0.4, -0.2) is 62.4 Å². The largest absolute Gasteiger partial charge is 0.494 e. The number of methoxy groups -OCH3 is 4. The summed E-state index contributed by atoms with van der Waals surface area (Å²) >= 11 is 0. The molecule has 8 nitrogen and oxygen atoms in total. The van der Waals surface area contributed by atoms with Crippen LogP contribution in [0.25, 0.3) is 0 Å². The number of benzene rings is 1. The van der Waals surface area contributed by atoms with E-state index in [1.165, 1.54) is 61.9 Å². The number of ketones is 2. The van der Waals surface area contributed by atoms with Crippen LogP contribution in [0.15, 0.2) is 112 Å². The summed E-state index contributed by atoms with van der Waals surface area (Å²) in [6.07, 6.45) is 19.2. The van der Waals surface area contributed by atoms with Gasteiger partial charge in [-0.1, -0.05) is 109 Å². The minimum absolute atomic E-state index is 0.100. The zero-order chi connectivity index (χ0) is 43.4. The van der Waals surface area contributed by atoms with E-state index in [-0.39, 0.29) is 58.3 Å². The molecule has 6 atom stereocenters. The quantitative estimate of drug-likeness (QED) is 0.125. The van der Waals surface area contributed by atoms with Gasteiger partial charge in [0.2, 0.25) is 23.1 Å². The van der Waals surface area contributed by atoms with E-state index in [0.29, 0.717) is 12.8 Å². The van der Waals surface area contributed by atoms with Gasteiger partial charge >= 0.3 is 0 Å². The zero-order valence-corrected chi connectivity index (χ0v) is 37.7. The Hall–Kier alpha value is -4.14. The van der Waals surface area contributed by atoms with Gasteiger partial charge in [0.1, 0.15) is 12.2 Å². The first kappa shape index (κ1) is 50.0. The van der Waals surface area contributed by atoms with Crippen LogP contribution >= 0.6 is 0 Å². The van der Waals surface area contributed by atoms with E-state index >= 15 is 0 Å². The van der Waals surface area contributed by atoms with Gasteiger partial charge in [0.15, 0.2) is 11.5 Å². The van der Waals surface area contributed by atoms with E-state index in [9.17, 15) is 19.8 Å². The Morgan fingerprint density at radius 3 is 1.33 bits per heavy atom. The molecule has 0 saturated heterocycles. The van der Waals surface area contributed by atoms with Crippen LogP contribution in [0.5, 0.6) is 0 Å². The standard InChI is InChI=1S/C25H34O4.C25H40O4/c1-17(10-9-11-18(2)16-20-12-7-6-8-13-20)14-15-21-19(3)22(26)24(28-4)25(29-5)23(21)27;1-8-17(2)11-9-12-18(3)13-10-14-19(4)15-16-21-20(5)22(26)24(28-6)25(29-7)23(21)27/h6-8,11-14,19,21,23,27H,9-10,15-16H2,1-5H3;11,13,15,20-21,23,27H,8-10,12,14,16H2,1-7H3/b17-14+,18-11+;17-11+,18-13+,19-15+. The third-order valence-corrected chi connectivity index (χ3v) is 11.7. The molecule has 2 N–H and O–H groups in total. The highest BCUT2D eigenvalue weighted by atomic mass is 16.5. The smallest absolute Gasteiger partial charge is 0.204 e. The molecule has 0 amide bonds. The van der Waals surface area contributed by atoms with Crippen molar-refractivity contribution in [3.05, 3.63) is 117 Å². The van der Waals surface area contributed by atoms with Gasteiger partial charge in [-0.15, -0.1) is 0 Å². The Morgan fingerprint density at radius 1 is 0.569 bits per heavy atom. The third kappa shape index (κ3) is 15.2. The molecule has 0 heterocycles. The lowest BCUT2D eigenvalue weighted by Crippen LogP contribution is -2.40. The van der Waals surface area contributed by atoms with E-state index in [0.717, 1.165) is 51.4 Å². The molecule has 0 spiro atoms. The average molecular weight is 803 g/mol. The number of aliphatic hydroxyl groups excluding tert-OH is 2. The van der Waals surface area contributed by atoms with Crippen molar-refractivity contribution in [2.24, 2.45) is 23.7 Å². The van der Waals surface area contributed by atoms with E-state index in [1.807, 2.05) is 19.9 Å². The molecule has 1 aromatic rings. The lowest BCUT2D eigenvalue weighted by atomic mass is 9.77. The topological polar surface area (TPSA) is 112 Å². The zero-order valence-electron chi connectivity index (χ0n) is 37.7. The number of aliphatic hydroxyl groups is 2. The molecule has 0 fully saturated rings.